The Hall–Kier alpha value is -1.35. The Morgan fingerprint density at radius 2 is 1.84 bits per heavy atom. The highest BCUT2D eigenvalue weighted by molar-refractivity contribution is 5.94. The van der Waals surface area contributed by atoms with Crippen LogP contribution in [0.1, 0.15) is 48.0 Å². The number of aryl methyl sites for hydroxylation is 1. The lowest BCUT2D eigenvalue weighted by Gasteiger charge is -2.34. The number of carbonyl (C=O) groups is 1. The Morgan fingerprint density at radius 1 is 1.21 bits per heavy atom. The van der Waals surface area contributed by atoms with Crippen molar-refractivity contribution in [1.29, 1.82) is 0 Å². The standard InChI is InChI=1S/C16H24N2O/c1-13-7-9-14(10-8-13)16(19)18(12-11-17)15-5-3-2-4-6-15/h7-10,15H,2-6,11-12,17H2,1H3. The van der Waals surface area contributed by atoms with E-state index in [2.05, 4.69) is 0 Å². The van der Waals surface area contributed by atoms with E-state index in [4.69, 9.17) is 5.73 Å². The van der Waals surface area contributed by atoms with Crippen LogP contribution in [0.3, 0.4) is 0 Å². The van der Waals surface area contributed by atoms with Crippen LogP contribution < -0.4 is 5.73 Å². The van der Waals surface area contributed by atoms with Crippen molar-refractivity contribution in [2.45, 2.75) is 45.1 Å². The fourth-order valence-electron chi connectivity index (χ4n) is 2.84. The van der Waals surface area contributed by atoms with Crippen LogP contribution in [0.4, 0.5) is 0 Å². The van der Waals surface area contributed by atoms with E-state index < -0.39 is 0 Å². The molecule has 1 aliphatic carbocycles. The molecule has 0 heterocycles. The zero-order valence-corrected chi connectivity index (χ0v) is 11.8. The molecule has 104 valence electrons. The Bertz CT molecular complexity index is 407. The summed E-state index contributed by atoms with van der Waals surface area (Å²) in [6, 6.07) is 8.21. The molecular weight excluding hydrogens is 236 g/mol. The summed E-state index contributed by atoms with van der Waals surface area (Å²) < 4.78 is 0. The lowest BCUT2D eigenvalue weighted by molar-refractivity contribution is 0.0641. The van der Waals surface area contributed by atoms with E-state index in [0.29, 0.717) is 19.1 Å². The quantitative estimate of drug-likeness (QED) is 0.904. The Kier molecular flexibility index (Phi) is 4.97. The van der Waals surface area contributed by atoms with Gasteiger partial charge in [-0.2, -0.15) is 0 Å². The number of benzene rings is 1. The van der Waals surface area contributed by atoms with Gasteiger partial charge in [-0.05, 0) is 31.9 Å². The van der Waals surface area contributed by atoms with Crippen LogP contribution in [-0.2, 0) is 0 Å². The van der Waals surface area contributed by atoms with Crippen LogP contribution in [0.15, 0.2) is 24.3 Å². The van der Waals surface area contributed by atoms with Gasteiger partial charge in [0.2, 0.25) is 0 Å². The molecule has 2 N–H and O–H groups in total. The molecule has 1 aromatic rings. The average Bonchev–Trinajstić information content (AvgIpc) is 2.46. The molecule has 0 unspecified atom stereocenters. The number of nitrogens with zero attached hydrogens (tertiary/aromatic N) is 1. The topological polar surface area (TPSA) is 46.3 Å². The molecule has 0 aromatic heterocycles. The maximum Gasteiger partial charge on any atom is 0.254 e. The third kappa shape index (κ3) is 3.57. The molecule has 2 rings (SSSR count). The molecule has 1 saturated carbocycles. The summed E-state index contributed by atoms with van der Waals surface area (Å²) in [5.74, 6) is 0.136. The molecule has 19 heavy (non-hydrogen) atoms. The first-order chi connectivity index (χ1) is 9.22. The summed E-state index contributed by atoms with van der Waals surface area (Å²) >= 11 is 0. The fourth-order valence-corrected chi connectivity index (χ4v) is 2.84. The lowest BCUT2D eigenvalue weighted by Crippen LogP contribution is -2.44. The fraction of sp³-hybridized carbons (Fsp3) is 0.562. The van der Waals surface area contributed by atoms with E-state index in [0.717, 1.165) is 18.4 Å². The zero-order chi connectivity index (χ0) is 13.7. The van der Waals surface area contributed by atoms with Crippen molar-refractivity contribution < 1.29 is 4.79 Å². The summed E-state index contributed by atoms with van der Waals surface area (Å²) in [6.45, 7) is 3.23. The predicted molar refractivity (Wildman–Crippen MR) is 78.1 cm³/mol. The van der Waals surface area contributed by atoms with Crippen molar-refractivity contribution in [3.8, 4) is 0 Å². The van der Waals surface area contributed by atoms with E-state index in [-0.39, 0.29) is 5.91 Å². The Labute approximate surface area is 115 Å². The molecule has 0 bridgehead atoms. The summed E-state index contributed by atoms with van der Waals surface area (Å²) in [7, 11) is 0. The molecule has 0 spiro atoms. The largest absolute Gasteiger partial charge is 0.334 e. The molecule has 0 saturated heterocycles. The summed E-state index contributed by atoms with van der Waals surface area (Å²) in [4.78, 5) is 14.6. The average molecular weight is 260 g/mol. The van der Waals surface area contributed by atoms with Crippen LogP contribution in [0.5, 0.6) is 0 Å². The van der Waals surface area contributed by atoms with Crippen molar-refractivity contribution in [1.82, 2.24) is 4.90 Å². The number of hydrogen-bond acceptors (Lipinski definition) is 2. The van der Waals surface area contributed by atoms with Gasteiger partial charge in [-0.25, -0.2) is 0 Å². The molecule has 0 aliphatic heterocycles. The Morgan fingerprint density at radius 3 is 2.42 bits per heavy atom. The van der Waals surface area contributed by atoms with Gasteiger partial charge in [-0.1, -0.05) is 37.0 Å². The molecule has 0 radical (unpaired) electrons. The monoisotopic (exact) mass is 260 g/mol. The minimum atomic E-state index is 0.136. The molecule has 1 amide bonds. The number of amides is 1. The minimum Gasteiger partial charge on any atom is -0.334 e. The normalized spacial score (nSPS) is 16.3. The van der Waals surface area contributed by atoms with E-state index in [1.807, 2.05) is 36.1 Å². The van der Waals surface area contributed by atoms with Crippen LogP contribution >= 0.6 is 0 Å². The first kappa shape index (κ1) is 14.1. The second-order valence-corrected chi connectivity index (χ2v) is 5.45. The minimum absolute atomic E-state index is 0.136. The SMILES string of the molecule is Cc1ccc(C(=O)N(CCN)C2CCCCC2)cc1. The first-order valence-electron chi connectivity index (χ1n) is 7.30. The summed E-state index contributed by atoms with van der Waals surface area (Å²) in [5, 5.41) is 0. The highest BCUT2D eigenvalue weighted by Gasteiger charge is 2.25. The van der Waals surface area contributed by atoms with E-state index in [1.165, 1.54) is 24.8 Å². The van der Waals surface area contributed by atoms with E-state index in [1.54, 1.807) is 0 Å². The predicted octanol–water partition coefficient (Wildman–Crippen LogP) is 2.73. The Balaban J connectivity index is 2.13. The molecule has 1 aromatic carbocycles. The second kappa shape index (κ2) is 6.71. The van der Waals surface area contributed by atoms with Gasteiger partial charge >= 0.3 is 0 Å². The van der Waals surface area contributed by atoms with Gasteiger partial charge in [0, 0.05) is 24.7 Å². The third-order valence-corrected chi connectivity index (χ3v) is 3.94. The van der Waals surface area contributed by atoms with Crippen LogP contribution in [0, 0.1) is 6.92 Å². The van der Waals surface area contributed by atoms with E-state index >= 15 is 0 Å². The van der Waals surface area contributed by atoms with Gasteiger partial charge in [0.25, 0.3) is 5.91 Å². The van der Waals surface area contributed by atoms with Gasteiger partial charge in [0.15, 0.2) is 0 Å². The zero-order valence-electron chi connectivity index (χ0n) is 11.8. The number of rotatable bonds is 4. The number of hydrogen-bond donors (Lipinski definition) is 1. The maximum atomic E-state index is 12.6. The van der Waals surface area contributed by atoms with Crippen LogP contribution in [0.2, 0.25) is 0 Å². The van der Waals surface area contributed by atoms with Crippen LogP contribution in [0.25, 0.3) is 0 Å². The highest BCUT2D eigenvalue weighted by atomic mass is 16.2. The van der Waals surface area contributed by atoms with Crippen molar-refractivity contribution in [2.24, 2.45) is 5.73 Å². The van der Waals surface area contributed by atoms with Gasteiger partial charge in [-0.3, -0.25) is 4.79 Å². The summed E-state index contributed by atoms with van der Waals surface area (Å²) in [5.41, 5.74) is 7.64. The van der Waals surface area contributed by atoms with Crippen molar-refractivity contribution in [2.75, 3.05) is 13.1 Å². The van der Waals surface area contributed by atoms with Gasteiger partial charge < -0.3 is 10.6 Å². The molecule has 0 atom stereocenters. The third-order valence-electron chi connectivity index (χ3n) is 3.94. The first-order valence-corrected chi connectivity index (χ1v) is 7.30. The number of nitrogens with two attached hydrogens (primary N) is 1. The molecule has 3 heteroatoms. The molecular formula is C16H24N2O. The van der Waals surface area contributed by atoms with Crippen molar-refractivity contribution >= 4 is 5.91 Å². The summed E-state index contributed by atoms with van der Waals surface area (Å²) in [6.07, 6.45) is 6.00. The molecule has 3 nitrogen and oxygen atoms in total. The number of carbonyl (C=O) groups excluding carboxylic acids is 1. The highest BCUT2D eigenvalue weighted by Crippen LogP contribution is 2.23. The lowest BCUT2D eigenvalue weighted by atomic mass is 9.93. The second-order valence-electron chi connectivity index (χ2n) is 5.45. The van der Waals surface area contributed by atoms with Crippen molar-refractivity contribution in [3.63, 3.8) is 0 Å². The molecule has 1 fully saturated rings. The molecule has 1 aliphatic rings. The van der Waals surface area contributed by atoms with Crippen molar-refractivity contribution in [3.05, 3.63) is 35.4 Å². The van der Waals surface area contributed by atoms with Crippen LogP contribution in [-0.4, -0.2) is 29.9 Å². The van der Waals surface area contributed by atoms with E-state index in [9.17, 15) is 4.79 Å². The maximum absolute atomic E-state index is 12.6. The van der Waals surface area contributed by atoms with Gasteiger partial charge in [-0.15, -0.1) is 0 Å². The van der Waals surface area contributed by atoms with Gasteiger partial charge in [0.1, 0.15) is 0 Å². The smallest absolute Gasteiger partial charge is 0.254 e. The van der Waals surface area contributed by atoms with Gasteiger partial charge in [0.05, 0.1) is 0 Å².